The monoisotopic (exact) mass is 267 g/mol. The average molecular weight is 268 g/mol. The molecule has 0 radical (unpaired) electrons. The number of oxime groups is 1. The predicted molar refractivity (Wildman–Crippen MR) is 74.5 cm³/mol. The molecule has 4 nitrogen and oxygen atoms in total. The molecule has 1 aromatic carbocycles. The van der Waals surface area contributed by atoms with Crippen molar-refractivity contribution < 1.29 is 5.21 Å². The van der Waals surface area contributed by atoms with Crippen LogP contribution in [0.3, 0.4) is 0 Å². The molecule has 1 fully saturated rings. The summed E-state index contributed by atoms with van der Waals surface area (Å²) in [6, 6.07) is 5.56. The van der Waals surface area contributed by atoms with Gasteiger partial charge in [0.2, 0.25) is 0 Å². The molecule has 1 saturated carbocycles. The Kier molecular flexibility index (Phi) is 3.66. The third-order valence-corrected chi connectivity index (χ3v) is 3.87. The largest absolute Gasteiger partial charge is 0.409 e. The summed E-state index contributed by atoms with van der Waals surface area (Å²) in [6.07, 6.45) is 1.31. The Balaban J connectivity index is 2.12. The van der Waals surface area contributed by atoms with Gasteiger partial charge in [0.05, 0.1) is 5.02 Å². The molecular weight excluding hydrogens is 250 g/mol. The zero-order chi connectivity index (χ0) is 13.3. The van der Waals surface area contributed by atoms with E-state index in [9.17, 15) is 0 Å². The van der Waals surface area contributed by atoms with Crippen molar-refractivity contribution in [2.24, 2.45) is 22.7 Å². The molecule has 0 aromatic heterocycles. The first-order chi connectivity index (χ1) is 8.52. The molecule has 0 aliphatic heterocycles. The van der Waals surface area contributed by atoms with Gasteiger partial charge in [-0.25, -0.2) is 0 Å². The SMILES string of the molecule is CC1CC1CN(C)c1ccc(C(N)=NO)c(Cl)c1. The zero-order valence-corrected chi connectivity index (χ0v) is 11.4. The lowest BCUT2D eigenvalue weighted by molar-refractivity contribution is 0.318. The molecule has 2 rings (SSSR count). The highest BCUT2D eigenvalue weighted by atomic mass is 35.5. The Hall–Kier alpha value is -1.42. The van der Waals surface area contributed by atoms with Gasteiger partial charge < -0.3 is 15.8 Å². The maximum atomic E-state index is 8.64. The number of anilines is 1. The summed E-state index contributed by atoms with van der Waals surface area (Å²) in [5.41, 5.74) is 7.13. The van der Waals surface area contributed by atoms with E-state index in [1.165, 1.54) is 6.42 Å². The lowest BCUT2D eigenvalue weighted by Gasteiger charge is -2.20. The van der Waals surface area contributed by atoms with E-state index in [0.29, 0.717) is 10.6 Å². The smallest absolute Gasteiger partial charge is 0.171 e. The van der Waals surface area contributed by atoms with Gasteiger partial charge >= 0.3 is 0 Å². The van der Waals surface area contributed by atoms with Crippen LogP contribution in [0.4, 0.5) is 5.69 Å². The van der Waals surface area contributed by atoms with Crippen LogP contribution in [0.25, 0.3) is 0 Å². The van der Waals surface area contributed by atoms with Gasteiger partial charge in [0.1, 0.15) is 0 Å². The quantitative estimate of drug-likeness (QED) is 0.381. The molecule has 1 aliphatic carbocycles. The van der Waals surface area contributed by atoms with Gasteiger partial charge in [-0.3, -0.25) is 0 Å². The van der Waals surface area contributed by atoms with Crippen LogP contribution < -0.4 is 10.6 Å². The minimum Gasteiger partial charge on any atom is -0.409 e. The van der Waals surface area contributed by atoms with Crippen LogP contribution in [-0.4, -0.2) is 24.6 Å². The van der Waals surface area contributed by atoms with Crippen molar-refractivity contribution >= 4 is 23.1 Å². The number of rotatable bonds is 4. The molecule has 0 saturated heterocycles. The highest BCUT2D eigenvalue weighted by molar-refractivity contribution is 6.34. The number of amidine groups is 1. The van der Waals surface area contributed by atoms with Crippen molar-refractivity contribution in [2.75, 3.05) is 18.5 Å². The number of nitrogens with two attached hydrogens (primary N) is 1. The third kappa shape index (κ3) is 2.70. The van der Waals surface area contributed by atoms with Crippen LogP contribution in [0.1, 0.15) is 18.9 Å². The van der Waals surface area contributed by atoms with Crippen molar-refractivity contribution in [3.8, 4) is 0 Å². The fourth-order valence-corrected chi connectivity index (χ4v) is 2.39. The van der Waals surface area contributed by atoms with Crippen LogP contribution in [-0.2, 0) is 0 Å². The highest BCUT2D eigenvalue weighted by Gasteiger charge is 2.33. The summed E-state index contributed by atoms with van der Waals surface area (Å²) in [5, 5.41) is 12.1. The number of benzene rings is 1. The standard InChI is InChI=1S/C13H18ClN3O/c1-8-5-9(8)7-17(2)10-3-4-11(12(14)6-10)13(15)16-18/h3-4,6,8-9,18H,5,7H2,1-2H3,(H2,15,16). The van der Waals surface area contributed by atoms with Crippen molar-refractivity contribution in [1.82, 2.24) is 0 Å². The number of hydrogen-bond donors (Lipinski definition) is 2. The lowest BCUT2D eigenvalue weighted by Crippen LogP contribution is -2.21. The van der Waals surface area contributed by atoms with Gasteiger partial charge in [0.15, 0.2) is 5.84 Å². The first kappa shape index (κ1) is 13.0. The molecular formula is C13H18ClN3O. The second-order valence-electron chi connectivity index (χ2n) is 5.00. The fourth-order valence-electron chi connectivity index (χ4n) is 2.11. The predicted octanol–water partition coefficient (Wildman–Crippen LogP) is 2.53. The summed E-state index contributed by atoms with van der Waals surface area (Å²) in [4.78, 5) is 2.19. The van der Waals surface area contributed by atoms with Crippen LogP contribution >= 0.6 is 11.6 Å². The molecule has 0 spiro atoms. The molecule has 5 heteroatoms. The average Bonchev–Trinajstić information content (AvgIpc) is 3.03. The molecule has 98 valence electrons. The third-order valence-electron chi connectivity index (χ3n) is 3.56. The second kappa shape index (κ2) is 5.06. The van der Waals surface area contributed by atoms with Gasteiger partial charge in [-0.2, -0.15) is 0 Å². The second-order valence-corrected chi connectivity index (χ2v) is 5.41. The molecule has 1 aromatic rings. The van der Waals surface area contributed by atoms with E-state index in [-0.39, 0.29) is 5.84 Å². The van der Waals surface area contributed by atoms with E-state index in [0.717, 1.165) is 24.1 Å². The molecule has 0 bridgehead atoms. The van der Waals surface area contributed by atoms with E-state index < -0.39 is 0 Å². The van der Waals surface area contributed by atoms with Crippen LogP contribution in [0, 0.1) is 11.8 Å². The van der Waals surface area contributed by atoms with E-state index in [4.69, 9.17) is 22.5 Å². The van der Waals surface area contributed by atoms with Crippen molar-refractivity contribution in [3.63, 3.8) is 0 Å². The molecule has 2 atom stereocenters. The molecule has 2 unspecified atom stereocenters. The highest BCUT2D eigenvalue weighted by Crippen LogP contribution is 2.38. The number of nitrogens with zero attached hydrogens (tertiary/aromatic N) is 2. The van der Waals surface area contributed by atoms with E-state index in [1.807, 2.05) is 12.1 Å². The number of halogens is 1. The molecule has 3 N–H and O–H groups in total. The summed E-state index contributed by atoms with van der Waals surface area (Å²) >= 11 is 6.13. The van der Waals surface area contributed by atoms with Gasteiger partial charge in [0, 0.05) is 24.8 Å². The van der Waals surface area contributed by atoms with Gasteiger partial charge in [0.25, 0.3) is 0 Å². The Bertz CT molecular complexity index is 475. The number of hydrogen-bond acceptors (Lipinski definition) is 3. The Morgan fingerprint density at radius 3 is 2.78 bits per heavy atom. The molecule has 18 heavy (non-hydrogen) atoms. The van der Waals surface area contributed by atoms with Gasteiger partial charge in [-0.05, 0) is 36.5 Å². The Morgan fingerprint density at radius 2 is 2.28 bits per heavy atom. The van der Waals surface area contributed by atoms with Crippen molar-refractivity contribution in [1.29, 1.82) is 0 Å². The summed E-state index contributed by atoms with van der Waals surface area (Å²) < 4.78 is 0. The molecule has 1 aliphatic rings. The Labute approximate surface area is 112 Å². The van der Waals surface area contributed by atoms with Gasteiger partial charge in [-0.15, -0.1) is 0 Å². The Morgan fingerprint density at radius 1 is 1.61 bits per heavy atom. The van der Waals surface area contributed by atoms with E-state index in [1.54, 1.807) is 6.07 Å². The maximum absolute atomic E-state index is 8.64. The zero-order valence-electron chi connectivity index (χ0n) is 10.6. The van der Waals surface area contributed by atoms with E-state index >= 15 is 0 Å². The first-order valence-electron chi connectivity index (χ1n) is 6.01. The topological polar surface area (TPSA) is 61.8 Å². The minimum atomic E-state index is 0.0324. The van der Waals surface area contributed by atoms with Crippen molar-refractivity contribution in [3.05, 3.63) is 28.8 Å². The van der Waals surface area contributed by atoms with Crippen molar-refractivity contribution in [2.45, 2.75) is 13.3 Å². The minimum absolute atomic E-state index is 0.0324. The van der Waals surface area contributed by atoms with Crippen LogP contribution in [0.15, 0.2) is 23.4 Å². The molecule has 0 heterocycles. The normalized spacial score (nSPS) is 22.9. The first-order valence-corrected chi connectivity index (χ1v) is 6.39. The fraction of sp³-hybridized carbons (Fsp3) is 0.462. The van der Waals surface area contributed by atoms with E-state index in [2.05, 4.69) is 24.0 Å². The lowest BCUT2D eigenvalue weighted by atomic mass is 10.1. The summed E-state index contributed by atoms with van der Waals surface area (Å²) in [6.45, 7) is 3.31. The maximum Gasteiger partial charge on any atom is 0.171 e. The molecule has 0 amide bonds. The van der Waals surface area contributed by atoms with Crippen LogP contribution in [0.5, 0.6) is 0 Å². The van der Waals surface area contributed by atoms with Gasteiger partial charge in [-0.1, -0.05) is 23.7 Å². The van der Waals surface area contributed by atoms with Crippen LogP contribution in [0.2, 0.25) is 5.02 Å². The summed E-state index contributed by atoms with van der Waals surface area (Å²) in [5.74, 6) is 1.65. The summed E-state index contributed by atoms with van der Waals surface area (Å²) in [7, 11) is 2.06.